The van der Waals surface area contributed by atoms with Gasteiger partial charge in [0, 0.05) is 30.5 Å². The molecule has 6 heteroatoms. The molecule has 1 aromatic heterocycles. The molecule has 2 heterocycles. The molecule has 5 nitrogen and oxygen atoms in total. The van der Waals surface area contributed by atoms with E-state index in [9.17, 15) is 9.59 Å². The van der Waals surface area contributed by atoms with Crippen molar-refractivity contribution in [1.29, 1.82) is 0 Å². The third kappa shape index (κ3) is 2.92. The van der Waals surface area contributed by atoms with Gasteiger partial charge in [-0.2, -0.15) is 0 Å². The molecule has 1 aromatic carbocycles. The molecule has 0 unspecified atom stereocenters. The zero-order chi connectivity index (χ0) is 15.5. The number of rotatable bonds is 3. The van der Waals surface area contributed by atoms with Gasteiger partial charge in [-0.05, 0) is 36.8 Å². The summed E-state index contributed by atoms with van der Waals surface area (Å²) in [6.45, 7) is 0.722. The number of aromatic nitrogens is 1. The molecule has 0 saturated carbocycles. The first kappa shape index (κ1) is 14.5. The van der Waals surface area contributed by atoms with Crippen molar-refractivity contribution in [3.05, 3.63) is 52.8 Å². The third-order valence-corrected chi connectivity index (χ3v) is 3.89. The number of carbonyl (C=O) groups is 2. The number of pyridine rings is 1. The topological polar surface area (TPSA) is 65.2 Å². The van der Waals surface area contributed by atoms with Crippen LogP contribution in [-0.2, 0) is 4.79 Å². The highest BCUT2D eigenvalue weighted by atomic mass is 32.1. The van der Waals surface area contributed by atoms with E-state index >= 15 is 0 Å². The van der Waals surface area contributed by atoms with Gasteiger partial charge in [-0.15, -0.1) is 0 Å². The molecule has 0 spiro atoms. The number of anilines is 2. The molecule has 1 aliphatic heterocycles. The van der Waals surface area contributed by atoms with Crippen LogP contribution in [0.1, 0.15) is 23.2 Å². The van der Waals surface area contributed by atoms with Crippen LogP contribution >= 0.6 is 12.2 Å². The number of H-pyrrole nitrogens is 1. The van der Waals surface area contributed by atoms with Gasteiger partial charge in [-0.1, -0.05) is 18.3 Å². The van der Waals surface area contributed by atoms with Gasteiger partial charge in [0.25, 0.3) is 5.91 Å². The summed E-state index contributed by atoms with van der Waals surface area (Å²) in [5, 5.41) is 2.81. The van der Waals surface area contributed by atoms with E-state index in [0.29, 0.717) is 22.3 Å². The highest BCUT2D eigenvalue weighted by Gasteiger charge is 2.21. The molecular weight excluding hydrogens is 298 g/mol. The largest absolute Gasteiger partial charge is 0.352 e. The molecule has 22 heavy (non-hydrogen) atoms. The van der Waals surface area contributed by atoms with Crippen molar-refractivity contribution in [2.75, 3.05) is 16.8 Å². The molecule has 1 aliphatic rings. The van der Waals surface area contributed by atoms with Crippen LogP contribution in [0.15, 0.2) is 42.6 Å². The molecule has 0 aliphatic carbocycles. The molecule has 112 valence electrons. The van der Waals surface area contributed by atoms with Crippen LogP contribution < -0.4 is 10.2 Å². The van der Waals surface area contributed by atoms with Crippen LogP contribution in [0, 0.1) is 4.64 Å². The van der Waals surface area contributed by atoms with Gasteiger partial charge in [-0.3, -0.25) is 9.59 Å². The van der Waals surface area contributed by atoms with Crippen LogP contribution in [0.2, 0.25) is 0 Å². The number of hydrogen-bond donors (Lipinski definition) is 2. The van der Waals surface area contributed by atoms with Crippen LogP contribution in [0.5, 0.6) is 0 Å². The average molecular weight is 313 g/mol. The summed E-state index contributed by atoms with van der Waals surface area (Å²) in [6, 6.07) is 10.7. The van der Waals surface area contributed by atoms with E-state index in [2.05, 4.69) is 10.3 Å². The van der Waals surface area contributed by atoms with Crippen molar-refractivity contribution in [2.24, 2.45) is 0 Å². The highest BCUT2D eigenvalue weighted by Crippen LogP contribution is 2.24. The number of amides is 2. The molecular formula is C16H15N3O2S. The number of hydrogen-bond acceptors (Lipinski definition) is 3. The van der Waals surface area contributed by atoms with Crippen molar-refractivity contribution < 1.29 is 9.59 Å². The van der Waals surface area contributed by atoms with Crippen LogP contribution in [0.4, 0.5) is 11.4 Å². The first-order valence-corrected chi connectivity index (χ1v) is 7.45. The molecule has 0 radical (unpaired) electrons. The summed E-state index contributed by atoms with van der Waals surface area (Å²) in [7, 11) is 0. The van der Waals surface area contributed by atoms with Crippen molar-refractivity contribution in [1.82, 2.24) is 4.98 Å². The zero-order valence-electron chi connectivity index (χ0n) is 11.8. The van der Waals surface area contributed by atoms with Crippen molar-refractivity contribution in [2.45, 2.75) is 12.8 Å². The molecule has 2 N–H and O–H groups in total. The minimum Gasteiger partial charge on any atom is -0.352 e. The van der Waals surface area contributed by atoms with Gasteiger partial charge in [0.15, 0.2) is 0 Å². The number of benzene rings is 1. The van der Waals surface area contributed by atoms with E-state index in [4.69, 9.17) is 12.2 Å². The molecule has 0 bridgehead atoms. The van der Waals surface area contributed by atoms with E-state index in [1.807, 2.05) is 12.1 Å². The molecule has 1 saturated heterocycles. The Balaban J connectivity index is 1.81. The van der Waals surface area contributed by atoms with Gasteiger partial charge in [0.2, 0.25) is 5.91 Å². The van der Waals surface area contributed by atoms with Crippen molar-refractivity contribution >= 4 is 35.4 Å². The fourth-order valence-corrected chi connectivity index (χ4v) is 2.70. The molecule has 2 amide bonds. The Bertz CT molecular complexity index is 785. The fraction of sp³-hybridized carbons (Fsp3) is 0.188. The molecule has 1 fully saturated rings. The molecule has 0 atom stereocenters. The second kappa shape index (κ2) is 6.11. The Morgan fingerprint density at radius 3 is 2.86 bits per heavy atom. The number of aromatic amines is 1. The van der Waals surface area contributed by atoms with E-state index < -0.39 is 0 Å². The maximum absolute atomic E-state index is 12.3. The van der Waals surface area contributed by atoms with E-state index in [-0.39, 0.29) is 11.8 Å². The summed E-state index contributed by atoms with van der Waals surface area (Å²) in [5.74, 6) is -0.152. The second-order valence-corrected chi connectivity index (χ2v) is 5.47. The third-order valence-electron chi connectivity index (χ3n) is 3.55. The van der Waals surface area contributed by atoms with Crippen molar-refractivity contribution in [3.63, 3.8) is 0 Å². The maximum Gasteiger partial charge on any atom is 0.258 e. The quantitative estimate of drug-likeness (QED) is 0.856. The Hall–Kier alpha value is -2.47. The van der Waals surface area contributed by atoms with Gasteiger partial charge in [-0.25, -0.2) is 0 Å². The van der Waals surface area contributed by atoms with Gasteiger partial charge in [0.1, 0.15) is 4.64 Å². The van der Waals surface area contributed by atoms with E-state index in [1.54, 1.807) is 35.4 Å². The lowest BCUT2D eigenvalue weighted by atomic mass is 10.2. The first-order valence-electron chi connectivity index (χ1n) is 7.04. The van der Waals surface area contributed by atoms with E-state index in [0.717, 1.165) is 18.7 Å². The lowest BCUT2D eigenvalue weighted by molar-refractivity contribution is -0.117. The summed E-state index contributed by atoms with van der Waals surface area (Å²) in [6.07, 6.45) is 3.13. The summed E-state index contributed by atoms with van der Waals surface area (Å²) in [4.78, 5) is 28.6. The minimum atomic E-state index is -0.272. The SMILES string of the molecule is O=C(Nc1cccc(N2CCCC2=O)c1)c1ccc[nH]c1=S. The van der Waals surface area contributed by atoms with Gasteiger partial charge < -0.3 is 15.2 Å². The Kier molecular flexibility index (Phi) is 4.02. The lowest BCUT2D eigenvalue weighted by Gasteiger charge is -2.16. The lowest BCUT2D eigenvalue weighted by Crippen LogP contribution is -2.23. The predicted octanol–water partition coefficient (Wildman–Crippen LogP) is 3.12. The second-order valence-electron chi connectivity index (χ2n) is 5.07. The maximum atomic E-state index is 12.3. The monoisotopic (exact) mass is 313 g/mol. The molecule has 2 aromatic rings. The van der Waals surface area contributed by atoms with Crippen LogP contribution in [0.3, 0.4) is 0 Å². The number of nitrogens with one attached hydrogen (secondary N) is 2. The minimum absolute atomic E-state index is 0.119. The fourth-order valence-electron chi connectivity index (χ4n) is 2.47. The van der Waals surface area contributed by atoms with E-state index in [1.165, 1.54) is 0 Å². The Morgan fingerprint density at radius 2 is 2.14 bits per heavy atom. The van der Waals surface area contributed by atoms with Gasteiger partial charge in [0.05, 0.1) is 5.56 Å². The summed E-state index contributed by atoms with van der Waals surface area (Å²) < 4.78 is 0.394. The van der Waals surface area contributed by atoms with Gasteiger partial charge >= 0.3 is 0 Å². The average Bonchev–Trinajstić information content (AvgIpc) is 2.94. The Labute approximate surface area is 133 Å². The highest BCUT2D eigenvalue weighted by molar-refractivity contribution is 7.71. The summed E-state index contributed by atoms with van der Waals surface area (Å²) in [5.41, 5.74) is 1.86. The number of carbonyl (C=O) groups excluding carboxylic acids is 2. The number of nitrogens with zero attached hydrogens (tertiary/aromatic N) is 1. The Morgan fingerprint density at radius 1 is 1.27 bits per heavy atom. The zero-order valence-corrected chi connectivity index (χ0v) is 12.7. The smallest absolute Gasteiger partial charge is 0.258 e. The first-order chi connectivity index (χ1) is 10.6. The van der Waals surface area contributed by atoms with Crippen LogP contribution in [-0.4, -0.2) is 23.3 Å². The summed E-state index contributed by atoms with van der Waals surface area (Å²) >= 11 is 5.10. The normalized spacial score (nSPS) is 14.2. The van der Waals surface area contributed by atoms with Crippen LogP contribution in [0.25, 0.3) is 0 Å². The predicted molar refractivity (Wildman–Crippen MR) is 87.6 cm³/mol. The molecule has 3 rings (SSSR count). The standard InChI is InChI=1S/C16H15N3O2S/c20-14-7-3-9-19(14)12-5-1-4-11(10-12)18-15(21)13-6-2-8-17-16(13)22/h1-2,4-6,8,10H,3,7,9H2,(H,17,22)(H,18,21). The van der Waals surface area contributed by atoms with Crippen molar-refractivity contribution in [3.8, 4) is 0 Å².